The van der Waals surface area contributed by atoms with E-state index in [0.29, 0.717) is 0 Å². The number of H-pyrrole nitrogens is 1. The maximum absolute atomic E-state index is 13.2. The third-order valence-corrected chi connectivity index (χ3v) is 3.23. The van der Waals surface area contributed by atoms with Crippen LogP contribution >= 0.6 is 11.6 Å². The largest absolute Gasteiger partial charge is 0.349 e. The van der Waals surface area contributed by atoms with Crippen molar-refractivity contribution in [1.29, 1.82) is 0 Å². The predicted octanol–water partition coefficient (Wildman–Crippen LogP) is 3.49. The Balaban J connectivity index is 2.18. The third-order valence-electron chi connectivity index (χ3n) is 2.94. The fourth-order valence-corrected chi connectivity index (χ4v) is 2.15. The molecule has 102 valence electrons. The number of benzene rings is 1. The van der Waals surface area contributed by atoms with E-state index in [1.807, 2.05) is 0 Å². The van der Waals surface area contributed by atoms with E-state index in [2.05, 4.69) is 22.2 Å². The molecule has 1 unspecified atom stereocenters. The van der Waals surface area contributed by atoms with Crippen LogP contribution in [0.25, 0.3) is 0 Å². The Morgan fingerprint density at radius 3 is 2.95 bits per heavy atom. The first-order valence-electron chi connectivity index (χ1n) is 6.37. The van der Waals surface area contributed by atoms with Crippen LogP contribution in [0.3, 0.4) is 0 Å². The van der Waals surface area contributed by atoms with Crippen LogP contribution in [0.1, 0.15) is 30.8 Å². The maximum atomic E-state index is 13.2. The Bertz CT molecular complexity index is 513. The molecule has 1 heterocycles. The lowest BCUT2D eigenvalue weighted by molar-refractivity contribution is 0.519. The van der Waals surface area contributed by atoms with Gasteiger partial charge >= 0.3 is 0 Å². The van der Waals surface area contributed by atoms with E-state index in [0.717, 1.165) is 30.8 Å². The summed E-state index contributed by atoms with van der Waals surface area (Å²) in [4.78, 5) is 7.31. The normalized spacial score (nSPS) is 12.6. The number of hydrogen-bond donors (Lipinski definition) is 2. The fraction of sp³-hybridized carbons (Fsp3) is 0.357. The highest BCUT2D eigenvalue weighted by molar-refractivity contribution is 6.30. The summed E-state index contributed by atoms with van der Waals surface area (Å²) in [6.07, 6.45) is 5.27. The minimum atomic E-state index is -0.391. The summed E-state index contributed by atoms with van der Waals surface area (Å²) in [7, 11) is 0. The molecular formula is C14H17ClFN3. The number of nitrogens with one attached hydrogen (secondary N) is 2. The number of aromatic amines is 1. The zero-order chi connectivity index (χ0) is 13.7. The number of imidazole rings is 1. The van der Waals surface area contributed by atoms with Gasteiger partial charge in [0.25, 0.3) is 0 Å². The van der Waals surface area contributed by atoms with Gasteiger partial charge in [-0.15, -0.1) is 0 Å². The second-order valence-electron chi connectivity index (χ2n) is 4.42. The Kier molecular flexibility index (Phi) is 4.93. The van der Waals surface area contributed by atoms with Gasteiger partial charge in [-0.3, -0.25) is 0 Å². The highest BCUT2D eigenvalue weighted by Gasteiger charge is 2.14. The van der Waals surface area contributed by atoms with Crippen molar-refractivity contribution in [2.45, 2.75) is 25.8 Å². The molecule has 1 aromatic carbocycles. The lowest BCUT2D eigenvalue weighted by Gasteiger charge is -2.18. The van der Waals surface area contributed by atoms with Gasteiger partial charge in [-0.1, -0.05) is 24.6 Å². The van der Waals surface area contributed by atoms with Crippen LogP contribution in [0.4, 0.5) is 4.39 Å². The number of halogens is 2. The summed E-state index contributed by atoms with van der Waals surface area (Å²) >= 11 is 5.85. The van der Waals surface area contributed by atoms with E-state index >= 15 is 0 Å². The van der Waals surface area contributed by atoms with Crippen LogP contribution in [0.2, 0.25) is 5.02 Å². The van der Waals surface area contributed by atoms with Crippen LogP contribution in [0.5, 0.6) is 0 Å². The topological polar surface area (TPSA) is 40.7 Å². The number of aromatic nitrogens is 2. The molecule has 0 aliphatic heterocycles. The first kappa shape index (κ1) is 14.0. The SMILES string of the molecule is CCCNC(Cc1ncc[nH]1)c1ccc(F)c(Cl)c1. The minimum absolute atomic E-state index is 0.0733. The first-order chi connectivity index (χ1) is 9.20. The van der Waals surface area contributed by atoms with Crippen molar-refractivity contribution in [1.82, 2.24) is 15.3 Å². The molecule has 0 spiro atoms. The molecule has 1 atom stereocenters. The van der Waals surface area contributed by atoms with E-state index in [1.165, 1.54) is 6.07 Å². The first-order valence-corrected chi connectivity index (χ1v) is 6.75. The van der Waals surface area contributed by atoms with Gasteiger partial charge in [0.05, 0.1) is 5.02 Å². The lowest BCUT2D eigenvalue weighted by atomic mass is 10.0. The summed E-state index contributed by atoms with van der Waals surface area (Å²) < 4.78 is 13.2. The molecule has 1 aromatic heterocycles. The van der Waals surface area contributed by atoms with Gasteiger partial charge < -0.3 is 10.3 Å². The molecule has 0 saturated carbocycles. The van der Waals surface area contributed by atoms with Crippen molar-refractivity contribution >= 4 is 11.6 Å². The van der Waals surface area contributed by atoms with E-state index in [1.54, 1.807) is 24.5 Å². The molecular weight excluding hydrogens is 265 g/mol. The number of hydrogen-bond acceptors (Lipinski definition) is 2. The van der Waals surface area contributed by atoms with Crippen LogP contribution < -0.4 is 5.32 Å². The Morgan fingerprint density at radius 1 is 1.47 bits per heavy atom. The second-order valence-corrected chi connectivity index (χ2v) is 4.83. The predicted molar refractivity (Wildman–Crippen MR) is 74.7 cm³/mol. The standard InChI is InChI=1S/C14H17ClFN3/c1-2-5-17-13(9-14-18-6-7-19-14)10-3-4-12(16)11(15)8-10/h3-4,6-8,13,17H,2,5,9H2,1H3,(H,18,19). The molecule has 0 aliphatic rings. The average molecular weight is 282 g/mol. The molecule has 3 nitrogen and oxygen atoms in total. The summed E-state index contributed by atoms with van der Waals surface area (Å²) in [5.74, 6) is 0.506. The van der Waals surface area contributed by atoms with Crippen molar-refractivity contribution in [2.75, 3.05) is 6.54 Å². The van der Waals surface area contributed by atoms with Gasteiger partial charge in [0.1, 0.15) is 11.6 Å². The Morgan fingerprint density at radius 2 is 2.32 bits per heavy atom. The number of nitrogens with zero attached hydrogens (tertiary/aromatic N) is 1. The molecule has 5 heteroatoms. The van der Waals surface area contributed by atoms with Crippen LogP contribution in [-0.2, 0) is 6.42 Å². The summed E-state index contributed by atoms with van der Waals surface area (Å²) in [6, 6.07) is 4.91. The van der Waals surface area contributed by atoms with Crippen LogP contribution in [0, 0.1) is 5.82 Å². The fourth-order valence-electron chi connectivity index (χ4n) is 1.96. The van der Waals surface area contributed by atoms with Crippen molar-refractivity contribution in [3.63, 3.8) is 0 Å². The molecule has 0 saturated heterocycles. The molecule has 0 fully saturated rings. The highest BCUT2D eigenvalue weighted by Crippen LogP contribution is 2.23. The highest BCUT2D eigenvalue weighted by atomic mass is 35.5. The molecule has 0 radical (unpaired) electrons. The molecule has 0 bridgehead atoms. The van der Waals surface area contributed by atoms with Crippen molar-refractivity contribution in [3.05, 3.63) is 52.8 Å². The summed E-state index contributed by atoms with van der Waals surface area (Å²) in [6.45, 7) is 3.00. The van der Waals surface area contributed by atoms with Gasteiger partial charge in [-0.2, -0.15) is 0 Å². The zero-order valence-corrected chi connectivity index (χ0v) is 11.5. The molecule has 0 aliphatic carbocycles. The van der Waals surface area contributed by atoms with Gasteiger partial charge in [0.2, 0.25) is 0 Å². The Hall–Kier alpha value is -1.39. The molecule has 2 N–H and O–H groups in total. The molecule has 2 aromatic rings. The van der Waals surface area contributed by atoms with Gasteiger partial charge in [0.15, 0.2) is 0 Å². The van der Waals surface area contributed by atoms with E-state index in [9.17, 15) is 4.39 Å². The van der Waals surface area contributed by atoms with Crippen molar-refractivity contribution in [2.24, 2.45) is 0 Å². The third kappa shape index (κ3) is 3.78. The van der Waals surface area contributed by atoms with Crippen molar-refractivity contribution < 1.29 is 4.39 Å². The zero-order valence-electron chi connectivity index (χ0n) is 10.8. The van der Waals surface area contributed by atoms with E-state index < -0.39 is 5.82 Å². The molecule has 19 heavy (non-hydrogen) atoms. The maximum Gasteiger partial charge on any atom is 0.141 e. The lowest BCUT2D eigenvalue weighted by Crippen LogP contribution is -2.24. The van der Waals surface area contributed by atoms with Crippen LogP contribution in [-0.4, -0.2) is 16.5 Å². The smallest absolute Gasteiger partial charge is 0.141 e. The Labute approximate surface area is 117 Å². The van der Waals surface area contributed by atoms with Crippen LogP contribution in [0.15, 0.2) is 30.6 Å². The average Bonchev–Trinajstić information content (AvgIpc) is 2.91. The quantitative estimate of drug-likeness (QED) is 0.851. The van der Waals surface area contributed by atoms with Gasteiger partial charge in [0, 0.05) is 24.9 Å². The van der Waals surface area contributed by atoms with Gasteiger partial charge in [-0.25, -0.2) is 9.37 Å². The minimum Gasteiger partial charge on any atom is -0.349 e. The summed E-state index contributed by atoms with van der Waals surface area (Å²) in [5.41, 5.74) is 0.969. The second kappa shape index (κ2) is 6.68. The van der Waals surface area contributed by atoms with E-state index in [-0.39, 0.29) is 11.1 Å². The molecule has 2 rings (SSSR count). The van der Waals surface area contributed by atoms with Gasteiger partial charge in [-0.05, 0) is 30.7 Å². The van der Waals surface area contributed by atoms with Crippen molar-refractivity contribution in [3.8, 4) is 0 Å². The number of rotatable bonds is 6. The van der Waals surface area contributed by atoms with E-state index in [4.69, 9.17) is 11.6 Å². The monoisotopic (exact) mass is 281 g/mol. The molecule has 0 amide bonds. The summed E-state index contributed by atoms with van der Waals surface area (Å²) in [5, 5.41) is 3.58.